The Morgan fingerprint density at radius 3 is 2.37 bits per heavy atom. The first-order valence-electron chi connectivity index (χ1n) is 10.7. The lowest BCUT2D eigenvalue weighted by Crippen LogP contribution is -2.68. The van der Waals surface area contributed by atoms with Gasteiger partial charge in [-0.3, -0.25) is 4.84 Å². The summed E-state index contributed by atoms with van der Waals surface area (Å²) >= 11 is 0. The van der Waals surface area contributed by atoms with Crippen LogP contribution in [0.15, 0.2) is 42.5 Å². The van der Waals surface area contributed by atoms with Gasteiger partial charge in [-0.1, -0.05) is 51.1 Å². The molecule has 1 fully saturated rings. The number of carbonyl (C=O) groups excluding carboxylic acids is 1. The van der Waals surface area contributed by atoms with Crippen LogP contribution in [0.3, 0.4) is 0 Å². The second kappa shape index (κ2) is 9.75. The highest BCUT2D eigenvalue weighted by Gasteiger charge is 2.55. The zero-order valence-corrected chi connectivity index (χ0v) is 18.9. The van der Waals surface area contributed by atoms with E-state index in [0.717, 1.165) is 30.6 Å². The number of ether oxygens (including phenoxy) is 1. The Hall–Kier alpha value is -2.18. The van der Waals surface area contributed by atoms with Gasteiger partial charge in [0.1, 0.15) is 12.2 Å². The second-order valence-electron chi connectivity index (χ2n) is 8.65. The predicted molar refractivity (Wildman–Crippen MR) is 116 cm³/mol. The zero-order chi connectivity index (χ0) is 22.5. The van der Waals surface area contributed by atoms with Gasteiger partial charge < -0.3 is 9.84 Å². The fourth-order valence-corrected chi connectivity index (χ4v) is 4.31. The molecule has 1 heterocycles. The molecule has 1 aromatic rings. The van der Waals surface area contributed by atoms with Crippen molar-refractivity contribution in [1.82, 2.24) is 5.06 Å². The number of hydroxylamine groups is 2. The van der Waals surface area contributed by atoms with Crippen molar-refractivity contribution in [2.45, 2.75) is 84.1 Å². The minimum absolute atomic E-state index is 0.00715. The van der Waals surface area contributed by atoms with Crippen LogP contribution in [0.1, 0.15) is 72.5 Å². The highest BCUT2D eigenvalue weighted by atomic mass is 16.7. The van der Waals surface area contributed by atoms with Gasteiger partial charge in [0.15, 0.2) is 0 Å². The van der Waals surface area contributed by atoms with Crippen LogP contribution in [0, 0.1) is 5.92 Å². The van der Waals surface area contributed by atoms with Crippen molar-refractivity contribution in [2.24, 2.45) is 5.92 Å². The van der Waals surface area contributed by atoms with Crippen molar-refractivity contribution in [3.63, 3.8) is 0 Å². The van der Waals surface area contributed by atoms with Gasteiger partial charge in [0.2, 0.25) is 0 Å². The number of benzene rings is 1. The molecule has 5 atom stereocenters. The smallest absolute Gasteiger partial charge is 0.331 e. The van der Waals surface area contributed by atoms with Crippen molar-refractivity contribution >= 4 is 11.9 Å². The summed E-state index contributed by atoms with van der Waals surface area (Å²) in [5.41, 5.74) is 0.393. The van der Waals surface area contributed by atoms with Crippen molar-refractivity contribution in [1.29, 1.82) is 0 Å². The van der Waals surface area contributed by atoms with E-state index in [9.17, 15) is 9.59 Å². The normalized spacial score (nSPS) is 30.9. The second-order valence-corrected chi connectivity index (χ2v) is 8.65. The van der Waals surface area contributed by atoms with E-state index in [2.05, 4.69) is 58.7 Å². The average molecular weight is 418 g/mol. The number of hydrogen-bond acceptors (Lipinski definition) is 5. The van der Waals surface area contributed by atoms with Gasteiger partial charge in [0.25, 0.3) is 0 Å². The Balaban J connectivity index is 2.31. The molecule has 6 nitrogen and oxygen atoms in total. The molecule has 0 amide bonds. The van der Waals surface area contributed by atoms with E-state index >= 15 is 0 Å². The van der Waals surface area contributed by atoms with Crippen LogP contribution in [-0.4, -0.2) is 39.3 Å². The summed E-state index contributed by atoms with van der Waals surface area (Å²) in [6, 6.07) is 10.1. The zero-order valence-electron chi connectivity index (χ0n) is 18.9. The molecule has 0 saturated carbocycles. The van der Waals surface area contributed by atoms with Crippen LogP contribution < -0.4 is 0 Å². The molecule has 0 aromatic heterocycles. The van der Waals surface area contributed by atoms with E-state index in [1.165, 1.54) is 0 Å². The number of nitrogens with zero attached hydrogens (tertiary/aromatic N) is 1. The third-order valence-corrected chi connectivity index (χ3v) is 6.77. The lowest BCUT2D eigenvalue weighted by Gasteiger charge is -2.59. The molecule has 1 N–H and O–H groups in total. The first-order valence-corrected chi connectivity index (χ1v) is 10.7. The van der Waals surface area contributed by atoms with E-state index in [4.69, 9.17) is 14.7 Å². The number of piperidine rings is 1. The van der Waals surface area contributed by atoms with Crippen molar-refractivity contribution in [2.75, 3.05) is 0 Å². The standard InChI is InChI=1S/C24H35NO5/c1-7-23(5)16-20(29-22(28)15-14-21(26)27)17(3)24(6,8-2)25(23)30-18(4)19-12-10-9-11-13-19/h9-15,17-18,20H,7-8,16H2,1-6H3,(H,26,27). The minimum atomic E-state index is -1.17. The van der Waals surface area contributed by atoms with E-state index in [1.807, 2.05) is 18.2 Å². The van der Waals surface area contributed by atoms with Crippen LogP contribution in [0.25, 0.3) is 0 Å². The van der Waals surface area contributed by atoms with E-state index in [1.54, 1.807) is 0 Å². The molecule has 1 aromatic carbocycles. The summed E-state index contributed by atoms with van der Waals surface area (Å²) in [6.45, 7) is 12.6. The summed E-state index contributed by atoms with van der Waals surface area (Å²) < 4.78 is 5.72. The molecular weight excluding hydrogens is 382 g/mol. The number of carboxylic acid groups (broad SMARTS) is 1. The molecule has 166 valence electrons. The maximum absolute atomic E-state index is 12.2. The number of hydrogen-bond donors (Lipinski definition) is 1. The van der Waals surface area contributed by atoms with Crippen molar-refractivity contribution < 1.29 is 24.3 Å². The van der Waals surface area contributed by atoms with Crippen molar-refractivity contribution in [3.8, 4) is 0 Å². The SMILES string of the molecule is CCC1(C)CC(OC(=O)C=CC(=O)O)C(C)C(C)(CC)N1OC(C)c1ccccc1. The quantitative estimate of drug-likeness (QED) is 0.478. The lowest BCUT2D eigenvalue weighted by atomic mass is 9.69. The Bertz CT molecular complexity index is 764. The summed E-state index contributed by atoms with van der Waals surface area (Å²) in [4.78, 5) is 29.5. The molecule has 0 radical (unpaired) electrons. The molecule has 1 saturated heterocycles. The van der Waals surface area contributed by atoms with Crippen LogP contribution in [0.4, 0.5) is 0 Å². The topological polar surface area (TPSA) is 76.1 Å². The minimum Gasteiger partial charge on any atom is -0.478 e. The first-order chi connectivity index (χ1) is 14.1. The molecule has 0 aliphatic carbocycles. The third-order valence-electron chi connectivity index (χ3n) is 6.77. The third kappa shape index (κ3) is 5.10. The summed E-state index contributed by atoms with van der Waals surface area (Å²) in [5, 5.41) is 10.9. The maximum Gasteiger partial charge on any atom is 0.331 e. The Kier molecular flexibility index (Phi) is 7.83. The highest BCUT2D eigenvalue weighted by Crippen LogP contribution is 2.48. The average Bonchev–Trinajstić information content (AvgIpc) is 2.74. The number of rotatable bonds is 8. The van der Waals surface area contributed by atoms with E-state index in [-0.39, 0.29) is 29.2 Å². The van der Waals surface area contributed by atoms with Gasteiger partial charge in [0.05, 0.1) is 0 Å². The maximum atomic E-state index is 12.2. The number of aliphatic carboxylic acids is 1. The van der Waals surface area contributed by atoms with Gasteiger partial charge >= 0.3 is 11.9 Å². The van der Waals surface area contributed by atoms with Crippen molar-refractivity contribution in [3.05, 3.63) is 48.0 Å². The Morgan fingerprint density at radius 1 is 1.20 bits per heavy atom. The molecule has 1 aliphatic rings. The number of carboxylic acids is 1. The fraction of sp³-hybridized carbons (Fsp3) is 0.583. The monoisotopic (exact) mass is 417 g/mol. The molecule has 6 heteroatoms. The fourth-order valence-electron chi connectivity index (χ4n) is 4.31. The van der Waals surface area contributed by atoms with Crippen LogP contribution >= 0.6 is 0 Å². The van der Waals surface area contributed by atoms with Crippen LogP contribution in [0.5, 0.6) is 0 Å². The van der Waals surface area contributed by atoms with Gasteiger partial charge in [0, 0.05) is 35.6 Å². The predicted octanol–water partition coefficient (Wildman–Crippen LogP) is 4.91. The van der Waals surface area contributed by atoms with E-state index < -0.39 is 11.9 Å². The molecule has 1 aliphatic heterocycles. The Morgan fingerprint density at radius 2 is 1.83 bits per heavy atom. The number of carbonyl (C=O) groups is 2. The molecule has 2 rings (SSSR count). The van der Waals surface area contributed by atoms with Crippen LogP contribution in [0.2, 0.25) is 0 Å². The van der Waals surface area contributed by atoms with E-state index in [0.29, 0.717) is 6.42 Å². The summed E-state index contributed by atoms with van der Waals surface area (Å²) in [6.07, 6.45) is 3.56. The molecule has 0 bridgehead atoms. The molecule has 30 heavy (non-hydrogen) atoms. The number of esters is 1. The molecule has 0 spiro atoms. The van der Waals surface area contributed by atoms with Gasteiger partial charge in [-0.15, -0.1) is 0 Å². The van der Waals surface area contributed by atoms with Gasteiger partial charge in [-0.2, -0.15) is 5.06 Å². The lowest BCUT2D eigenvalue weighted by molar-refractivity contribution is -0.336. The summed E-state index contributed by atoms with van der Waals surface area (Å²) in [7, 11) is 0. The first kappa shape index (κ1) is 24.1. The highest BCUT2D eigenvalue weighted by molar-refractivity contribution is 5.90. The Labute approximate surface area is 179 Å². The van der Waals surface area contributed by atoms with Crippen LogP contribution in [-0.2, 0) is 19.2 Å². The van der Waals surface area contributed by atoms with Gasteiger partial charge in [-0.05, 0) is 39.2 Å². The molecule has 5 unspecified atom stereocenters. The summed E-state index contributed by atoms with van der Waals surface area (Å²) in [5.74, 6) is -1.81. The largest absolute Gasteiger partial charge is 0.478 e. The van der Waals surface area contributed by atoms with Gasteiger partial charge in [-0.25, -0.2) is 9.59 Å². The molecular formula is C24H35NO5.